The van der Waals surface area contributed by atoms with Gasteiger partial charge in [0.2, 0.25) is 11.8 Å². The molecule has 2 aliphatic rings. The summed E-state index contributed by atoms with van der Waals surface area (Å²) in [5.74, 6) is -0.749. The summed E-state index contributed by atoms with van der Waals surface area (Å²) in [5, 5.41) is 5.60. The van der Waals surface area contributed by atoms with Gasteiger partial charge in [-0.2, -0.15) is 0 Å². The zero-order chi connectivity index (χ0) is 29.8. The van der Waals surface area contributed by atoms with Crippen LogP contribution in [0.3, 0.4) is 0 Å². The number of nitrogens with one attached hydrogen (secondary N) is 2. The van der Waals surface area contributed by atoms with Gasteiger partial charge < -0.3 is 16.4 Å². The average Bonchev–Trinajstić information content (AvgIpc) is 3.03. The molecule has 9 heteroatoms. The second-order valence-corrected chi connectivity index (χ2v) is 12.4. The Morgan fingerprint density at radius 1 is 0.791 bits per heavy atom. The molecule has 4 N–H and O–H groups in total. The Hall–Kier alpha value is -4.73. The maximum absolute atomic E-state index is 13.8. The molecule has 0 bridgehead atoms. The summed E-state index contributed by atoms with van der Waals surface area (Å²) in [6.07, 6.45) is 8.19. The third-order valence-electron chi connectivity index (χ3n) is 7.08. The smallest absolute Gasteiger partial charge is 0.326 e. The van der Waals surface area contributed by atoms with Crippen molar-refractivity contribution in [1.82, 2.24) is 0 Å². The molecule has 1 heterocycles. The number of carbonyl (C=O) groups is 3. The van der Waals surface area contributed by atoms with E-state index in [0.717, 1.165) is 21.0 Å². The number of hydrogen-bond acceptors (Lipinski definition) is 5. The molecule has 0 fully saturated rings. The fourth-order valence-corrected chi connectivity index (χ4v) is 7.36. The number of allylic oxidation sites excluding steroid dienone is 2. The lowest BCUT2D eigenvalue weighted by molar-refractivity contribution is -0.115. The molecule has 1 aliphatic carbocycles. The second-order valence-electron chi connectivity index (χ2n) is 9.98. The average molecular weight is 605 g/mol. The van der Waals surface area contributed by atoms with Gasteiger partial charge in [-0.25, -0.2) is 4.79 Å². The lowest BCUT2D eigenvalue weighted by atomic mass is 10.1. The first kappa shape index (κ1) is 28.4. The van der Waals surface area contributed by atoms with Gasteiger partial charge in [0.1, 0.15) is 5.25 Å². The first-order chi connectivity index (χ1) is 21.0. The molecule has 4 aromatic carbocycles. The van der Waals surface area contributed by atoms with Crippen molar-refractivity contribution in [3.8, 4) is 0 Å². The monoisotopic (exact) mass is 604 g/mol. The van der Waals surface area contributed by atoms with Crippen LogP contribution in [0.25, 0.3) is 0 Å². The summed E-state index contributed by atoms with van der Waals surface area (Å²) in [6.45, 7) is 0. The lowest BCUT2D eigenvalue weighted by Gasteiger charge is -2.40. The van der Waals surface area contributed by atoms with Crippen LogP contribution < -0.4 is 21.3 Å². The fraction of sp³-hybridized carbons (Fsp3) is 0.0882. The van der Waals surface area contributed by atoms with Crippen molar-refractivity contribution < 1.29 is 14.4 Å². The zero-order valence-corrected chi connectivity index (χ0v) is 24.6. The van der Waals surface area contributed by atoms with Crippen molar-refractivity contribution in [3.63, 3.8) is 0 Å². The van der Waals surface area contributed by atoms with E-state index in [1.807, 2.05) is 95.9 Å². The molecule has 1 aliphatic heterocycles. The number of nitrogens with zero attached hydrogens (tertiary/aromatic N) is 1. The standard InChI is InChI=1S/C34H28N4O3S2/c35-32(39)23-17-19-24(20-18-23)36-33(40)31(22-9-2-1-3-10-22)42-26-12-8-11-25(21-26)37-34(41)38-27-13-4-6-15-29(27)43-30-16-7-5-14-28(30)38/h1-21,27,29,31H,(H2,35,39)(H,36,40)(H,37,41). The Morgan fingerprint density at radius 3 is 2.33 bits per heavy atom. The van der Waals surface area contributed by atoms with E-state index in [4.69, 9.17) is 5.73 Å². The van der Waals surface area contributed by atoms with E-state index in [2.05, 4.69) is 22.8 Å². The number of nitrogens with two attached hydrogens (primary N) is 1. The number of para-hydroxylation sites is 1. The Labute approximate surface area is 258 Å². The lowest BCUT2D eigenvalue weighted by Crippen LogP contribution is -2.49. The maximum atomic E-state index is 13.8. The fourth-order valence-electron chi connectivity index (χ4n) is 5.02. The number of fused-ring (bicyclic) bond motifs is 2. The SMILES string of the molecule is NC(=O)c1ccc(NC(=O)C(Sc2cccc(NC(=O)N3c4ccccc4SC4C=CC=CC43)c2)c2ccccc2)cc1. The second kappa shape index (κ2) is 12.6. The minimum atomic E-state index is -0.575. The van der Waals surface area contributed by atoms with E-state index in [1.165, 1.54) is 11.8 Å². The molecular weight excluding hydrogens is 577 g/mol. The number of hydrogen-bond donors (Lipinski definition) is 3. The van der Waals surface area contributed by atoms with Crippen molar-refractivity contribution in [3.05, 3.63) is 139 Å². The molecule has 7 nitrogen and oxygen atoms in total. The molecule has 43 heavy (non-hydrogen) atoms. The third kappa shape index (κ3) is 6.38. The number of urea groups is 1. The highest BCUT2D eigenvalue weighted by molar-refractivity contribution is 8.00. The molecule has 6 rings (SSSR count). The number of thioether (sulfide) groups is 2. The predicted octanol–water partition coefficient (Wildman–Crippen LogP) is 7.27. The van der Waals surface area contributed by atoms with Crippen molar-refractivity contribution in [1.29, 1.82) is 0 Å². The Morgan fingerprint density at radius 2 is 1.53 bits per heavy atom. The Balaban J connectivity index is 1.22. The largest absolute Gasteiger partial charge is 0.366 e. The van der Waals surface area contributed by atoms with Crippen molar-refractivity contribution in [2.45, 2.75) is 26.3 Å². The van der Waals surface area contributed by atoms with Crippen molar-refractivity contribution >= 4 is 58.4 Å². The highest BCUT2D eigenvalue weighted by Crippen LogP contribution is 2.44. The highest BCUT2D eigenvalue weighted by Gasteiger charge is 2.36. The summed E-state index contributed by atoms with van der Waals surface area (Å²) in [4.78, 5) is 42.4. The van der Waals surface area contributed by atoms with Gasteiger partial charge >= 0.3 is 6.03 Å². The van der Waals surface area contributed by atoms with Crippen molar-refractivity contribution in [2.24, 2.45) is 5.73 Å². The van der Waals surface area contributed by atoms with Gasteiger partial charge in [-0.15, -0.1) is 23.5 Å². The number of primary amides is 1. The Kier molecular flexibility index (Phi) is 8.35. The normalized spacial score (nSPS) is 17.3. The van der Waals surface area contributed by atoms with Gasteiger partial charge in [0.25, 0.3) is 0 Å². The number of rotatable bonds is 7. The molecule has 0 aromatic heterocycles. The van der Waals surface area contributed by atoms with Crippen molar-refractivity contribution in [2.75, 3.05) is 15.5 Å². The summed E-state index contributed by atoms with van der Waals surface area (Å²) < 4.78 is 0. The van der Waals surface area contributed by atoms with Gasteiger partial charge in [-0.05, 0) is 60.2 Å². The van der Waals surface area contributed by atoms with E-state index in [0.29, 0.717) is 16.9 Å². The molecule has 4 amide bonds. The number of carbonyl (C=O) groups excluding carboxylic acids is 3. The summed E-state index contributed by atoms with van der Waals surface area (Å²) >= 11 is 3.15. The molecule has 0 saturated carbocycles. The van der Waals surface area contributed by atoms with E-state index < -0.39 is 11.2 Å². The van der Waals surface area contributed by atoms with E-state index in [1.54, 1.807) is 36.0 Å². The molecule has 0 saturated heterocycles. The van der Waals surface area contributed by atoms with Gasteiger partial charge in [0.15, 0.2) is 0 Å². The zero-order valence-electron chi connectivity index (χ0n) is 22.9. The van der Waals surface area contributed by atoms with Crippen LogP contribution in [0.15, 0.2) is 137 Å². The van der Waals surface area contributed by atoms with E-state index in [9.17, 15) is 14.4 Å². The van der Waals surface area contributed by atoms with Gasteiger partial charge in [0, 0.05) is 26.7 Å². The third-order valence-corrected chi connectivity index (χ3v) is 9.63. The molecule has 3 atom stereocenters. The molecule has 214 valence electrons. The minimum absolute atomic E-state index is 0.106. The number of amides is 4. The van der Waals surface area contributed by atoms with Crippen LogP contribution in [0.4, 0.5) is 21.9 Å². The molecule has 0 spiro atoms. The van der Waals surface area contributed by atoms with E-state index >= 15 is 0 Å². The van der Waals surface area contributed by atoms with Gasteiger partial charge in [0.05, 0.1) is 17.0 Å². The van der Waals surface area contributed by atoms with Crippen LogP contribution in [-0.4, -0.2) is 29.1 Å². The first-order valence-corrected chi connectivity index (χ1v) is 15.5. The van der Waals surface area contributed by atoms with Crippen LogP contribution in [0, 0.1) is 0 Å². The topological polar surface area (TPSA) is 105 Å². The predicted molar refractivity (Wildman–Crippen MR) is 175 cm³/mol. The maximum Gasteiger partial charge on any atom is 0.326 e. The molecule has 4 aromatic rings. The van der Waals surface area contributed by atoms with Gasteiger partial charge in [-0.3, -0.25) is 14.5 Å². The highest BCUT2D eigenvalue weighted by atomic mass is 32.2. The number of benzene rings is 4. The molecular formula is C34H28N4O3S2. The van der Waals surface area contributed by atoms with Crippen LogP contribution in [-0.2, 0) is 4.79 Å². The number of anilines is 3. The molecule has 0 radical (unpaired) electrons. The van der Waals surface area contributed by atoms with Crippen LogP contribution in [0.2, 0.25) is 0 Å². The van der Waals surface area contributed by atoms with Crippen LogP contribution >= 0.6 is 23.5 Å². The summed E-state index contributed by atoms with van der Waals surface area (Å²) in [6, 6.07) is 31.1. The van der Waals surface area contributed by atoms with E-state index in [-0.39, 0.29) is 23.2 Å². The minimum Gasteiger partial charge on any atom is -0.366 e. The molecule has 3 unspecified atom stereocenters. The summed E-state index contributed by atoms with van der Waals surface area (Å²) in [7, 11) is 0. The first-order valence-electron chi connectivity index (χ1n) is 13.7. The van der Waals surface area contributed by atoms with Crippen LogP contribution in [0.5, 0.6) is 0 Å². The van der Waals surface area contributed by atoms with Gasteiger partial charge in [-0.1, -0.05) is 72.8 Å². The Bertz CT molecular complexity index is 1720. The summed E-state index contributed by atoms with van der Waals surface area (Å²) in [5.41, 5.74) is 8.61. The van der Waals surface area contributed by atoms with Crippen LogP contribution in [0.1, 0.15) is 21.2 Å². The quantitative estimate of drug-likeness (QED) is 0.193.